The number of urea groups is 1. The summed E-state index contributed by atoms with van der Waals surface area (Å²) in [7, 11) is 0. The number of amides is 2. The second-order valence-electron chi connectivity index (χ2n) is 5.13. The van der Waals surface area contributed by atoms with Gasteiger partial charge in [-0.2, -0.15) is 13.2 Å². The van der Waals surface area contributed by atoms with E-state index in [4.69, 9.17) is 0 Å². The third kappa shape index (κ3) is 4.24. The molecule has 7 heteroatoms. The van der Waals surface area contributed by atoms with E-state index >= 15 is 0 Å². The maximum atomic E-state index is 13.7. The van der Waals surface area contributed by atoms with Crippen LogP contribution in [-0.2, 0) is 6.18 Å². The third-order valence-electron chi connectivity index (χ3n) is 3.47. The molecule has 0 fully saturated rings. The van der Waals surface area contributed by atoms with Crippen molar-refractivity contribution in [1.29, 1.82) is 0 Å². The highest BCUT2D eigenvalue weighted by molar-refractivity contribution is 5.90. The molecule has 0 saturated carbocycles. The topological polar surface area (TPSA) is 41.1 Å². The molecule has 0 aromatic heterocycles. The lowest BCUT2D eigenvalue weighted by molar-refractivity contribution is -0.137. The summed E-state index contributed by atoms with van der Waals surface area (Å²) in [5, 5.41) is 4.53. The summed E-state index contributed by atoms with van der Waals surface area (Å²) in [6.07, 6.45) is -4.24. The first kappa shape index (κ1) is 17.8. The number of hydrogen-bond acceptors (Lipinski definition) is 1. The minimum Gasteiger partial charge on any atom is -0.331 e. The van der Waals surface area contributed by atoms with Crippen LogP contribution in [0.2, 0.25) is 0 Å². The molecule has 1 atom stereocenters. The van der Waals surface area contributed by atoms with Crippen molar-refractivity contribution in [2.45, 2.75) is 25.6 Å². The van der Waals surface area contributed by atoms with Gasteiger partial charge in [0.15, 0.2) is 0 Å². The Kier molecular flexibility index (Phi) is 5.43. The average Bonchev–Trinajstić information content (AvgIpc) is 2.54. The molecule has 128 valence electrons. The molecule has 3 nitrogen and oxygen atoms in total. The Morgan fingerprint density at radius 2 is 1.75 bits per heavy atom. The van der Waals surface area contributed by atoms with Crippen LogP contribution in [0.3, 0.4) is 0 Å². The highest BCUT2D eigenvalue weighted by Crippen LogP contribution is 2.36. The lowest BCUT2D eigenvalue weighted by Crippen LogP contribution is -2.33. The van der Waals surface area contributed by atoms with Crippen LogP contribution in [0.25, 0.3) is 0 Å². The van der Waals surface area contributed by atoms with Crippen LogP contribution >= 0.6 is 0 Å². The van der Waals surface area contributed by atoms with E-state index in [2.05, 4.69) is 5.32 Å². The second kappa shape index (κ2) is 7.33. The largest absolute Gasteiger partial charge is 0.418 e. The Morgan fingerprint density at radius 1 is 1.08 bits per heavy atom. The highest BCUT2D eigenvalue weighted by atomic mass is 19.4. The predicted octanol–water partition coefficient (Wildman–Crippen LogP) is 5.12. The number of alkyl halides is 3. The van der Waals surface area contributed by atoms with Crippen molar-refractivity contribution >= 4 is 11.7 Å². The maximum Gasteiger partial charge on any atom is 0.418 e. The van der Waals surface area contributed by atoms with Crippen molar-refractivity contribution in [3.63, 3.8) is 0 Å². The average molecular weight is 340 g/mol. The molecule has 0 aliphatic rings. The summed E-state index contributed by atoms with van der Waals surface area (Å²) in [4.78, 5) is 12.0. The van der Waals surface area contributed by atoms with E-state index in [9.17, 15) is 22.4 Å². The molecular weight excluding hydrogens is 324 g/mol. The molecule has 2 rings (SSSR count). The Morgan fingerprint density at radius 3 is 2.33 bits per heavy atom. The summed E-state index contributed by atoms with van der Waals surface area (Å²) >= 11 is 0. The molecule has 0 saturated heterocycles. The summed E-state index contributed by atoms with van der Waals surface area (Å²) in [5.74, 6) is -1.15. The quantitative estimate of drug-likeness (QED) is 0.746. The lowest BCUT2D eigenvalue weighted by atomic mass is 10.1. The van der Waals surface area contributed by atoms with E-state index in [1.165, 1.54) is 0 Å². The number of carbonyl (C=O) groups excluding carboxylic acids is 1. The summed E-state index contributed by atoms with van der Waals surface area (Å²) in [6.45, 7) is 1.82. The van der Waals surface area contributed by atoms with Gasteiger partial charge in [-0.05, 0) is 24.1 Å². The first-order chi connectivity index (χ1) is 11.3. The van der Waals surface area contributed by atoms with Crippen molar-refractivity contribution in [2.75, 3.05) is 5.32 Å². The second-order valence-corrected chi connectivity index (χ2v) is 5.13. The number of anilines is 1. The van der Waals surface area contributed by atoms with Crippen LogP contribution in [-0.4, -0.2) is 6.03 Å². The van der Waals surface area contributed by atoms with E-state index in [0.717, 1.165) is 17.7 Å². The van der Waals surface area contributed by atoms with Gasteiger partial charge < -0.3 is 10.6 Å². The standard InChI is InChI=1S/C17H16F4N2O/c1-2-14(11-7-4-3-5-8-11)22-16(24)23-15-12(17(19,20)21)9-6-10-13(15)18/h3-10,14H,2H2,1H3,(H2,22,23,24). The Balaban J connectivity index is 2.18. The molecule has 1 unspecified atom stereocenters. The fraction of sp³-hybridized carbons (Fsp3) is 0.235. The molecule has 2 N–H and O–H groups in total. The minimum absolute atomic E-state index is 0.396. The predicted molar refractivity (Wildman–Crippen MR) is 83.0 cm³/mol. The monoisotopic (exact) mass is 340 g/mol. The van der Waals surface area contributed by atoms with Gasteiger partial charge in [0, 0.05) is 0 Å². The number of benzene rings is 2. The molecule has 0 spiro atoms. The zero-order valence-electron chi connectivity index (χ0n) is 12.8. The van der Waals surface area contributed by atoms with Gasteiger partial charge in [0.1, 0.15) is 5.82 Å². The van der Waals surface area contributed by atoms with Crippen molar-refractivity contribution in [3.8, 4) is 0 Å². The van der Waals surface area contributed by atoms with Gasteiger partial charge in [-0.1, -0.05) is 43.3 Å². The van der Waals surface area contributed by atoms with Gasteiger partial charge in [-0.25, -0.2) is 9.18 Å². The summed E-state index contributed by atoms with van der Waals surface area (Å²) in [5.41, 5.74) is -1.31. The third-order valence-corrected chi connectivity index (χ3v) is 3.47. The molecular formula is C17H16F4N2O. The van der Waals surface area contributed by atoms with Crippen molar-refractivity contribution in [2.24, 2.45) is 0 Å². The summed E-state index contributed by atoms with van der Waals surface area (Å²) < 4.78 is 52.5. The molecule has 24 heavy (non-hydrogen) atoms. The number of carbonyl (C=O) groups is 1. The molecule has 0 aliphatic carbocycles. The van der Waals surface area contributed by atoms with Crippen LogP contribution in [0.5, 0.6) is 0 Å². The molecule has 2 aromatic rings. The van der Waals surface area contributed by atoms with Gasteiger partial charge in [0.05, 0.1) is 17.3 Å². The molecule has 0 heterocycles. The van der Waals surface area contributed by atoms with Crippen LogP contribution in [0.1, 0.15) is 30.5 Å². The van der Waals surface area contributed by atoms with Crippen molar-refractivity contribution < 1.29 is 22.4 Å². The Hall–Kier alpha value is -2.57. The number of nitrogens with one attached hydrogen (secondary N) is 2. The van der Waals surface area contributed by atoms with E-state index in [1.807, 2.05) is 18.3 Å². The summed E-state index contributed by atoms with van der Waals surface area (Å²) in [6, 6.07) is 10.2. The number of halogens is 4. The van der Waals surface area contributed by atoms with Gasteiger partial charge >= 0.3 is 12.2 Å². The smallest absolute Gasteiger partial charge is 0.331 e. The highest BCUT2D eigenvalue weighted by Gasteiger charge is 2.35. The zero-order chi connectivity index (χ0) is 17.7. The first-order valence-electron chi connectivity index (χ1n) is 7.31. The Bertz CT molecular complexity index is 701. The van der Waals surface area contributed by atoms with E-state index < -0.39 is 35.3 Å². The SMILES string of the molecule is CCC(NC(=O)Nc1c(F)cccc1C(F)(F)F)c1ccccc1. The fourth-order valence-electron chi connectivity index (χ4n) is 2.30. The zero-order valence-corrected chi connectivity index (χ0v) is 12.8. The molecule has 2 amide bonds. The fourth-order valence-corrected chi connectivity index (χ4v) is 2.30. The van der Waals surface area contributed by atoms with Crippen LogP contribution in [0, 0.1) is 5.82 Å². The van der Waals surface area contributed by atoms with Crippen LogP contribution in [0.4, 0.5) is 28.0 Å². The molecule has 2 aromatic carbocycles. The van der Waals surface area contributed by atoms with E-state index in [-0.39, 0.29) is 0 Å². The van der Waals surface area contributed by atoms with Gasteiger partial charge in [0.25, 0.3) is 0 Å². The van der Waals surface area contributed by atoms with E-state index in [1.54, 1.807) is 24.3 Å². The molecule has 0 radical (unpaired) electrons. The number of hydrogen-bond donors (Lipinski definition) is 2. The maximum absolute atomic E-state index is 13.7. The number of para-hydroxylation sites is 1. The number of rotatable bonds is 4. The normalized spacial score (nSPS) is 12.5. The van der Waals surface area contributed by atoms with Crippen LogP contribution < -0.4 is 10.6 Å². The molecule has 0 bridgehead atoms. The van der Waals surface area contributed by atoms with Crippen molar-refractivity contribution in [1.82, 2.24) is 5.32 Å². The van der Waals surface area contributed by atoms with E-state index in [0.29, 0.717) is 12.5 Å². The van der Waals surface area contributed by atoms with Gasteiger partial charge in [-0.15, -0.1) is 0 Å². The van der Waals surface area contributed by atoms with Gasteiger partial charge in [-0.3, -0.25) is 0 Å². The molecule has 0 aliphatic heterocycles. The lowest BCUT2D eigenvalue weighted by Gasteiger charge is -2.19. The van der Waals surface area contributed by atoms with Gasteiger partial charge in [0.2, 0.25) is 0 Å². The Labute approximate surface area is 136 Å². The van der Waals surface area contributed by atoms with Crippen LogP contribution in [0.15, 0.2) is 48.5 Å². The van der Waals surface area contributed by atoms with Crippen molar-refractivity contribution in [3.05, 3.63) is 65.5 Å². The first-order valence-corrected chi connectivity index (χ1v) is 7.31. The minimum atomic E-state index is -4.77.